The van der Waals surface area contributed by atoms with E-state index in [9.17, 15) is 9.59 Å². The van der Waals surface area contributed by atoms with Gasteiger partial charge in [-0.05, 0) is 43.2 Å². The van der Waals surface area contributed by atoms with Gasteiger partial charge in [-0.25, -0.2) is 0 Å². The molecule has 0 atom stereocenters. The Morgan fingerprint density at radius 2 is 1.93 bits per heavy atom. The molecule has 140 valence electrons. The Labute approximate surface area is 159 Å². The Kier molecular flexibility index (Phi) is 5.91. The molecule has 27 heavy (non-hydrogen) atoms. The molecule has 0 aromatic heterocycles. The Bertz CT molecular complexity index is 859. The van der Waals surface area contributed by atoms with Crippen molar-refractivity contribution in [2.45, 2.75) is 26.7 Å². The number of hydrogen-bond donors (Lipinski definition) is 1. The third kappa shape index (κ3) is 4.37. The lowest BCUT2D eigenvalue weighted by atomic mass is 10.1. The summed E-state index contributed by atoms with van der Waals surface area (Å²) in [4.78, 5) is 26.9. The lowest BCUT2D eigenvalue weighted by molar-refractivity contribution is -0.115. The average Bonchev–Trinajstić information content (AvgIpc) is 2.69. The molecule has 0 fully saturated rings. The number of anilines is 1. The summed E-state index contributed by atoms with van der Waals surface area (Å²) >= 11 is 0. The first-order valence-corrected chi connectivity index (χ1v) is 9.31. The van der Waals surface area contributed by atoms with Crippen LogP contribution in [0.1, 0.15) is 42.6 Å². The van der Waals surface area contributed by atoms with Crippen LogP contribution in [-0.4, -0.2) is 29.8 Å². The minimum absolute atomic E-state index is 0.0337. The van der Waals surface area contributed by atoms with E-state index >= 15 is 0 Å². The highest BCUT2D eigenvalue weighted by molar-refractivity contribution is 6.09. The van der Waals surface area contributed by atoms with Crippen LogP contribution in [0.4, 0.5) is 5.69 Å². The van der Waals surface area contributed by atoms with Crippen LogP contribution in [0.25, 0.3) is 6.08 Å². The van der Waals surface area contributed by atoms with Crippen molar-refractivity contribution in [3.05, 3.63) is 65.4 Å². The van der Waals surface area contributed by atoms with Gasteiger partial charge in [0.05, 0.1) is 5.69 Å². The van der Waals surface area contributed by atoms with Crippen LogP contribution in [-0.2, 0) is 4.79 Å². The second kappa shape index (κ2) is 8.54. The number of hydrogen-bond acceptors (Lipinski definition) is 3. The molecule has 1 aliphatic rings. The fraction of sp³-hybridized carbons (Fsp3) is 0.273. The van der Waals surface area contributed by atoms with Crippen LogP contribution in [0.3, 0.4) is 0 Å². The Morgan fingerprint density at radius 3 is 2.63 bits per heavy atom. The molecule has 2 aromatic rings. The van der Waals surface area contributed by atoms with Crippen LogP contribution >= 0.6 is 0 Å². The fourth-order valence-corrected chi connectivity index (χ4v) is 2.93. The zero-order chi connectivity index (χ0) is 19.2. The summed E-state index contributed by atoms with van der Waals surface area (Å²) in [6.07, 6.45) is 3.70. The van der Waals surface area contributed by atoms with Gasteiger partial charge < -0.3 is 15.0 Å². The van der Waals surface area contributed by atoms with Gasteiger partial charge in [-0.3, -0.25) is 9.59 Å². The summed E-state index contributed by atoms with van der Waals surface area (Å²) in [5, 5.41) is 2.82. The Morgan fingerprint density at radius 1 is 1.15 bits per heavy atom. The van der Waals surface area contributed by atoms with Crippen molar-refractivity contribution in [1.29, 1.82) is 0 Å². The maximum atomic E-state index is 12.7. The van der Waals surface area contributed by atoms with Crippen molar-refractivity contribution in [2.24, 2.45) is 0 Å². The number of nitrogens with one attached hydrogen (secondary N) is 1. The summed E-state index contributed by atoms with van der Waals surface area (Å²) in [5.74, 6) is 0.402. The number of ether oxygens (including phenoxy) is 1. The zero-order valence-corrected chi connectivity index (χ0v) is 15.7. The van der Waals surface area contributed by atoms with E-state index in [0.29, 0.717) is 23.5 Å². The predicted molar refractivity (Wildman–Crippen MR) is 107 cm³/mol. The van der Waals surface area contributed by atoms with E-state index in [2.05, 4.69) is 12.2 Å². The lowest BCUT2D eigenvalue weighted by Crippen LogP contribution is -2.32. The number of fused-ring (bicyclic) bond motifs is 1. The molecule has 2 aromatic carbocycles. The maximum Gasteiger partial charge on any atom is 0.291 e. The zero-order valence-electron chi connectivity index (χ0n) is 15.7. The van der Waals surface area contributed by atoms with Crippen molar-refractivity contribution in [3.63, 3.8) is 0 Å². The first kappa shape index (κ1) is 18.7. The molecular formula is C22H24N2O3. The van der Waals surface area contributed by atoms with Crippen molar-refractivity contribution in [1.82, 2.24) is 4.90 Å². The minimum Gasteiger partial charge on any atom is -0.449 e. The number of benzene rings is 2. The summed E-state index contributed by atoms with van der Waals surface area (Å²) < 4.78 is 5.76. The van der Waals surface area contributed by atoms with Gasteiger partial charge in [0.1, 0.15) is 0 Å². The molecule has 5 heteroatoms. The topological polar surface area (TPSA) is 58.6 Å². The van der Waals surface area contributed by atoms with Gasteiger partial charge >= 0.3 is 0 Å². The molecule has 0 aliphatic carbocycles. The SMILES string of the molecule is CCCCN(CC)C(=O)c1ccc2c(c1)NC(=O)/C(=C\c1ccccc1)O2. The first-order valence-electron chi connectivity index (χ1n) is 9.31. The summed E-state index contributed by atoms with van der Waals surface area (Å²) in [6.45, 7) is 5.46. The van der Waals surface area contributed by atoms with Crippen LogP contribution in [0.5, 0.6) is 5.75 Å². The number of amides is 2. The van der Waals surface area contributed by atoms with E-state index in [1.807, 2.05) is 42.2 Å². The van der Waals surface area contributed by atoms with E-state index in [1.165, 1.54) is 0 Å². The second-order valence-corrected chi connectivity index (χ2v) is 6.42. The number of rotatable bonds is 6. The van der Waals surface area contributed by atoms with Gasteiger partial charge in [0.25, 0.3) is 11.8 Å². The molecule has 1 N–H and O–H groups in total. The van der Waals surface area contributed by atoms with Gasteiger partial charge in [0.15, 0.2) is 11.5 Å². The highest BCUT2D eigenvalue weighted by Crippen LogP contribution is 2.32. The number of unbranched alkanes of at least 4 members (excludes halogenated alkanes) is 1. The Hall–Kier alpha value is -3.08. The quantitative estimate of drug-likeness (QED) is 0.777. The van der Waals surface area contributed by atoms with E-state index < -0.39 is 0 Å². The smallest absolute Gasteiger partial charge is 0.291 e. The summed E-state index contributed by atoms with van der Waals surface area (Å²) in [7, 11) is 0. The van der Waals surface area contributed by atoms with Crippen LogP contribution in [0, 0.1) is 0 Å². The van der Waals surface area contributed by atoms with E-state index in [4.69, 9.17) is 4.74 Å². The maximum absolute atomic E-state index is 12.7. The van der Waals surface area contributed by atoms with Gasteiger partial charge in [0.2, 0.25) is 0 Å². The molecule has 2 amide bonds. The van der Waals surface area contributed by atoms with Crippen molar-refractivity contribution in [3.8, 4) is 5.75 Å². The molecular weight excluding hydrogens is 340 g/mol. The van der Waals surface area contributed by atoms with Gasteiger partial charge in [0, 0.05) is 18.7 Å². The normalized spacial score (nSPS) is 14.3. The van der Waals surface area contributed by atoms with E-state index in [1.54, 1.807) is 24.3 Å². The molecule has 0 saturated carbocycles. The Balaban J connectivity index is 1.81. The van der Waals surface area contributed by atoms with Gasteiger partial charge in [-0.1, -0.05) is 43.7 Å². The van der Waals surface area contributed by atoms with E-state index in [-0.39, 0.29) is 17.6 Å². The first-order chi connectivity index (χ1) is 13.1. The molecule has 0 spiro atoms. The van der Waals surface area contributed by atoms with Crippen LogP contribution in [0.2, 0.25) is 0 Å². The highest BCUT2D eigenvalue weighted by Gasteiger charge is 2.24. The van der Waals surface area contributed by atoms with Crippen molar-refractivity contribution < 1.29 is 14.3 Å². The molecule has 0 bridgehead atoms. The molecule has 1 aliphatic heterocycles. The van der Waals surface area contributed by atoms with Gasteiger partial charge in [-0.15, -0.1) is 0 Å². The lowest BCUT2D eigenvalue weighted by Gasteiger charge is -2.23. The standard InChI is InChI=1S/C22H24N2O3/c1-3-5-13-24(4-2)22(26)17-11-12-19-18(15-17)23-21(25)20(27-19)14-16-9-7-6-8-10-16/h6-12,14-15H,3-5,13H2,1-2H3,(H,23,25)/b20-14+. The monoisotopic (exact) mass is 364 g/mol. The molecule has 3 rings (SSSR count). The molecule has 5 nitrogen and oxygen atoms in total. The molecule has 0 saturated heterocycles. The third-order valence-electron chi connectivity index (χ3n) is 4.47. The molecule has 0 radical (unpaired) electrons. The van der Waals surface area contributed by atoms with Gasteiger partial charge in [-0.2, -0.15) is 0 Å². The molecule has 0 unspecified atom stereocenters. The van der Waals surface area contributed by atoms with Crippen LogP contribution in [0.15, 0.2) is 54.3 Å². The second-order valence-electron chi connectivity index (χ2n) is 6.42. The summed E-state index contributed by atoms with van der Waals surface area (Å²) in [5.41, 5.74) is 1.95. The number of nitrogens with zero attached hydrogens (tertiary/aromatic N) is 1. The average molecular weight is 364 g/mol. The largest absolute Gasteiger partial charge is 0.449 e. The van der Waals surface area contributed by atoms with Crippen molar-refractivity contribution in [2.75, 3.05) is 18.4 Å². The third-order valence-corrected chi connectivity index (χ3v) is 4.47. The highest BCUT2D eigenvalue weighted by atomic mass is 16.5. The minimum atomic E-state index is -0.325. The van der Waals surface area contributed by atoms with E-state index in [0.717, 1.165) is 24.9 Å². The number of carbonyl (C=O) groups excluding carboxylic acids is 2. The van der Waals surface area contributed by atoms with Crippen LogP contribution < -0.4 is 10.1 Å². The summed E-state index contributed by atoms with van der Waals surface area (Å²) in [6, 6.07) is 14.7. The number of carbonyl (C=O) groups is 2. The fourth-order valence-electron chi connectivity index (χ4n) is 2.93. The van der Waals surface area contributed by atoms with Crippen molar-refractivity contribution >= 4 is 23.6 Å². The predicted octanol–water partition coefficient (Wildman–Crippen LogP) is 4.32. The molecule has 1 heterocycles.